The summed E-state index contributed by atoms with van der Waals surface area (Å²) >= 11 is 0. The van der Waals surface area contributed by atoms with E-state index < -0.39 is 17.1 Å². The minimum atomic E-state index is -1.00. The lowest BCUT2D eigenvalue weighted by molar-refractivity contribution is -0.187. The number of aliphatic hydroxyl groups is 1. The van der Waals surface area contributed by atoms with Gasteiger partial charge in [0.05, 0.1) is 11.0 Å². The molecular formula is C19H21NO4. The van der Waals surface area contributed by atoms with Crippen molar-refractivity contribution in [3.8, 4) is 11.5 Å². The zero-order valence-corrected chi connectivity index (χ0v) is 13.5. The number of hydrogen-bond acceptors (Lipinski definition) is 5. The first-order valence-corrected chi connectivity index (χ1v) is 8.65. The van der Waals surface area contributed by atoms with Crippen LogP contribution in [-0.4, -0.2) is 51.7 Å². The maximum Gasteiger partial charge on any atom is 0.174 e. The van der Waals surface area contributed by atoms with Gasteiger partial charge < -0.3 is 14.9 Å². The highest BCUT2D eigenvalue weighted by Gasteiger charge is 2.72. The normalized spacial score (nSPS) is 39.3. The van der Waals surface area contributed by atoms with Gasteiger partial charge in [-0.2, -0.15) is 0 Å². The second-order valence-corrected chi connectivity index (χ2v) is 7.56. The van der Waals surface area contributed by atoms with Crippen molar-refractivity contribution in [1.29, 1.82) is 0 Å². The van der Waals surface area contributed by atoms with Gasteiger partial charge in [-0.05, 0) is 30.9 Å². The van der Waals surface area contributed by atoms with Crippen molar-refractivity contribution < 1.29 is 19.7 Å². The van der Waals surface area contributed by atoms with E-state index >= 15 is 0 Å². The number of Topliss-reactive ketones (excluding diaryl/α,β-unsaturated/α-hetero) is 1. The standard InChI is InChI=1S/C19H21NO4/c1-2-8-20-9-7-18-15-11-3-4-12(21)16(15)24-17(18)13(22)5-6-19(18,23)14(20)10-11/h2-4,14,17,21,23H,1,5-10H2/t14-,17?,18+,19?/m1/s1. The Morgan fingerprint density at radius 3 is 3.04 bits per heavy atom. The summed E-state index contributed by atoms with van der Waals surface area (Å²) < 4.78 is 5.98. The molecule has 2 fully saturated rings. The first kappa shape index (κ1) is 14.5. The first-order chi connectivity index (χ1) is 11.5. The monoisotopic (exact) mass is 327 g/mol. The predicted molar refractivity (Wildman–Crippen MR) is 87.3 cm³/mol. The highest BCUT2D eigenvalue weighted by atomic mass is 16.5. The number of phenolic OH excluding ortho intramolecular Hbond substituents is 1. The molecule has 0 amide bonds. The van der Waals surface area contributed by atoms with Gasteiger partial charge in [0.15, 0.2) is 23.4 Å². The van der Waals surface area contributed by atoms with Crippen molar-refractivity contribution in [3.05, 3.63) is 35.9 Å². The molecule has 1 saturated heterocycles. The van der Waals surface area contributed by atoms with Crippen LogP contribution >= 0.6 is 0 Å². The topological polar surface area (TPSA) is 70.0 Å². The minimum Gasteiger partial charge on any atom is -0.504 e. The number of ketones is 1. The molecule has 2 N–H and O–H groups in total. The van der Waals surface area contributed by atoms with E-state index in [1.54, 1.807) is 6.07 Å². The van der Waals surface area contributed by atoms with Gasteiger partial charge in [0.2, 0.25) is 0 Å². The van der Waals surface area contributed by atoms with Gasteiger partial charge in [-0.1, -0.05) is 12.1 Å². The number of carbonyl (C=O) groups is 1. The summed E-state index contributed by atoms with van der Waals surface area (Å²) in [6.45, 7) is 5.36. The predicted octanol–water partition coefficient (Wildman–Crippen LogP) is 1.30. The van der Waals surface area contributed by atoms with Gasteiger partial charge in [0.25, 0.3) is 0 Å². The lowest BCUT2D eigenvalue weighted by Crippen LogP contribution is -2.76. The number of likely N-dealkylation sites (tertiary alicyclic amines) is 1. The number of piperidine rings is 1. The molecule has 5 nitrogen and oxygen atoms in total. The Kier molecular flexibility index (Phi) is 2.66. The van der Waals surface area contributed by atoms with Crippen molar-refractivity contribution in [2.45, 2.75) is 48.8 Å². The van der Waals surface area contributed by atoms with Gasteiger partial charge >= 0.3 is 0 Å². The Labute approximate surface area is 140 Å². The Hall–Kier alpha value is -1.85. The molecule has 1 saturated carbocycles. The number of ether oxygens (including phenoxy) is 1. The smallest absolute Gasteiger partial charge is 0.174 e. The molecule has 5 rings (SSSR count). The van der Waals surface area contributed by atoms with Crippen LogP contribution < -0.4 is 4.74 Å². The summed E-state index contributed by atoms with van der Waals surface area (Å²) in [5.74, 6) is 0.528. The highest BCUT2D eigenvalue weighted by Crippen LogP contribution is 2.64. The van der Waals surface area contributed by atoms with Crippen LogP contribution in [0.5, 0.6) is 11.5 Å². The molecule has 0 aromatic heterocycles. The average Bonchev–Trinajstić information content (AvgIpc) is 2.91. The SMILES string of the molecule is C=CCN1CC[C@]23c4c5ccc(O)c4OC2C(=O)CCC3(O)[C@H]1C5. The van der Waals surface area contributed by atoms with Gasteiger partial charge in [0.1, 0.15) is 0 Å². The summed E-state index contributed by atoms with van der Waals surface area (Å²) in [5, 5.41) is 22.1. The van der Waals surface area contributed by atoms with Crippen molar-refractivity contribution in [2.24, 2.45) is 0 Å². The molecule has 5 heteroatoms. The Morgan fingerprint density at radius 2 is 2.25 bits per heavy atom. The van der Waals surface area contributed by atoms with E-state index in [9.17, 15) is 15.0 Å². The van der Waals surface area contributed by atoms with Gasteiger partial charge in [0, 0.05) is 31.1 Å². The van der Waals surface area contributed by atoms with Crippen molar-refractivity contribution >= 4 is 5.78 Å². The summed E-state index contributed by atoms with van der Waals surface area (Å²) in [6, 6.07) is 3.52. The van der Waals surface area contributed by atoms with Gasteiger partial charge in [-0.25, -0.2) is 0 Å². The quantitative estimate of drug-likeness (QED) is 0.802. The number of benzene rings is 1. The molecule has 0 radical (unpaired) electrons. The third-order valence-electron chi connectivity index (χ3n) is 6.73. The first-order valence-electron chi connectivity index (χ1n) is 8.65. The minimum absolute atomic E-state index is 0.0408. The lowest BCUT2D eigenvalue weighted by atomic mass is 9.49. The number of nitrogens with zero attached hydrogens (tertiary/aromatic N) is 1. The fraction of sp³-hybridized carbons (Fsp3) is 0.526. The van der Waals surface area contributed by atoms with Crippen LogP contribution in [-0.2, 0) is 16.6 Å². The van der Waals surface area contributed by atoms with Crippen LogP contribution in [0.25, 0.3) is 0 Å². The van der Waals surface area contributed by atoms with Crippen LogP contribution in [0.15, 0.2) is 24.8 Å². The molecule has 2 aliphatic carbocycles. The van der Waals surface area contributed by atoms with E-state index in [4.69, 9.17) is 4.74 Å². The average molecular weight is 327 g/mol. The number of hydrogen-bond donors (Lipinski definition) is 2. The van der Waals surface area contributed by atoms with Gasteiger partial charge in [-0.3, -0.25) is 9.69 Å². The van der Waals surface area contributed by atoms with Crippen molar-refractivity contribution in [3.63, 3.8) is 0 Å². The van der Waals surface area contributed by atoms with E-state index in [1.165, 1.54) is 0 Å². The Balaban J connectivity index is 1.80. The van der Waals surface area contributed by atoms with Crippen LogP contribution in [0, 0.1) is 0 Å². The van der Waals surface area contributed by atoms with E-state index in [0.717, 1.165) is 24.2 Å². The zero-order chi connectivity index (χ0) is 16.7. The molecule has 2 heterocycles. The van der Waals surface area contributed by atoms with Gasteiger partial charge in [-0.15, -0.1) is 6.58 Å². The third kappa shape index (κ3) is 1.38. The van der Waals surface area contributed by atoms with Crippen LogP contribution in [0.4, 0.5) is 0 Å². The molecule has 2 bridgehead atoms. The summed E-state index contributed by atoms with van der Waals surface area (Å²) in [7, 11) is 0. The molecule has 1 aromatic rings. The fourth-order valence-corrected chi connectivity index (χ4v) is 5.80. The molecule has 24 heavy (non-hydrogen) atoms. The second kappa shape index (κ2) is 4.41. The largest absolute Gasteiger partial charge is 0.504 e. The van der Waals surface area contributed by atoms with E-state index in [-0.39, 0.29) is 17.6 Å². The number of aromatic hydroxyl groups is 1. The summed E-state index contributed by atoms with van der Waals surface area (Å²) in [4.78, 5) is 14.9. The molecule has 126 valence electrons. The number of rotatable bonds is 2. The maximum absolute atomic E-state index is 12.6. The van der Waals surface area contributed by atoms with Crippen molar-refractivity contribution in [2.75, 3.05) is 13.1 Å². The molecule has 1 spiro atoms. The molecule has 2 aliphatic heterocycles. The zero-order valence-electron chi connectivity index (χ0n) is 13.5. The van der Waals surface area contributed by atoms with Crippen LogP contribution in [0.2, 0.25) is 0 Å². The number of phenols is 1. The second-order valence-electron chi connectivity index (χ2n) is 7.56. The summed E-state index contributed by atoms with van der Waals surface area (Å²) in [5.41, 5.74) is 0.256. The highest BCUT2D eigenvalue weighted by molar-refractivity contribution is 5.90. The Bertz CT molecular complexity index is 775. The molecular weight excluding hydrogens is 306 g/mol. The van der Waals surface area contributed by atoms with Crippen LogP contribution in [0.3, 0.4) is 0 Å². The van der Waals surface area contributed by atoms with Crippen molar-refractivity contribution in [1.82, 2.24) is 4.90 Å². The molecule has 2 unspecified atom stereocenters. The van der Waals surface area contributed by atoms with E-state index in [1.807, 2.05) is 12.1 Å². The number of carbonyl (C=O) groups excluding carboxylic acids is 1. The van der Waals surface area contributed by atoms with Crippen LogP contribution in [0.1, 0.15) is 30.4 Å². The van der Waals surface area contributed by atoms with E-state index in [0.29, 0.717) is 31.4 Å². The molecule has 4 atom stereocenters. The molecule has 1 aromatic carbocycles. The van der Waals surface area contributed by atoms with E-state index in [2.05, 4.69) is 11.5 Å². The fourth-order valence-electron chi connectivity index (χ4n) is 5.80. The lowest BCUT2D eigenvalue weighted by Gasteiger charge is -2.62. The Morgan fingerprint density at radius 1 is 1.42 bits per heavy atom. The third-order valence-corrected chi connectivity index (χ3v) is 6.73. The molecule has 4 aliphatic rings. The summed E-state index contributed by atoms with van der Waals surface area (Å²) in [6.07, 6.45) is 3.35. The maximum atomic E-state index is 12.6.